The molecule has 0 aliphatic heterocycles. The molecule has 0 spiro atoms. The third kappa shape index (κ3) is 1.96. The summed E-state index contributed by atoms with van der Waals surface area (Å²) in [5.74, 6) is 0. The lowest BCUT2D eigenvalue weighted by Crippen LogP contribution is -1.87. The van der Waals surface area contributed by atoms with Crippen molar-refractivity contribution in [1.29, 1.82) is 0 Å². The van der Waals surface area contributed by atoms with E-state index in [2.05, 4.69) is 36.7 Å². The number of aryl methyl sites for hydroxylation is 1. The maximum Gasteiger partial charge on any atom is 0.0708 e. The van der Waals surface area contributed by atoms with E-state index >= 15 is 0 Å². The van der Waals surface area contributed by atoms with Crippen LogP contribution in [0.25, 0.3) is 17.3 Å². The molecule has 1 nitrogen and oxygen atoms in total. The lowest BCUT2D eigenvalue weighted by molar-refractivity contribution is 1.31. The standard InChI is InChI=1S/C14H13N/c1-3-12-8-7-11(2)10-13(12)14-6-4-5-9-15-14/h3-10H,1H2,2H3. The molecule has 0 aliphatic rings. The van der Waals surface area contributed by atoms with Gasteiger partial charge < -0.3 is 0 Å². The number of nitrogens with zero attached hydrogens (tertiary/aromatic N) is 1. The van der Waals surface area contributed by atoms with Crippen molar-refractivity contribution in [2.45, 2.75) is 6.92 Å². The highest BCUT2D eigenvalue weighted by Gasteiger charge is 2.03. The normalized spacial score (nSPS) is 9.93. The molecule has 74 valence electrons. The number of pyridine rings is 1. The summed E-state index contributed by atoms with van der Waals surface area (Å²) in [5, 5.41) is 0. The number of hydrogen-bond acceptors (Lipinski definition) is 1. The molecule has 1 heteroatoms. The molecule has 0 saturated heterocycles. The van der Waals surface area contributed by atoms with Crippen LogP contribution in [-0.2, 0) is 0 Å². The number of aromatic nitrogens is 1. The molecule has 0 amide bonds. The molecular weight excluding hydrogens is 182 g/mol. The smallest absolute Gasteiger partial charge is 0.0708 e. The Kier molecular flexibility index (Phi) is 2.64. The van der Waals surface area contributed by atoms with E-state index in [9.17, 15) is 0 Å². The molecule has 0 unspecified atom stereocenters. The van der Waals surface area contributed by atoms with Crippen LogP contribution in [0.3, 0.4) is 0 Å². The van der Waals surface area contributed by atoms with Gasteiger partial charge in [-0.25, -0.2) is 0 Å². The van der Waals surface area contributed by atoms with Gasteiger partial charge >= 0.3 is 0 Å². The molecule has 1 heterocycles. The third-order valence-corrected chi connectivity index (χ3v) is 2.37. The van der Waals surface area contributed by atoms with Crippen molar-refractivity contribution in [2.75, 3.05) is 0 Å². The van der Waals surface area contributed by atoms with Crippen LogP contribution in [0.4, 0.5) is 0 Å². The van der Waals surface area contributed by atoms with E-state index in [1.54, 1.807) is 0 Å². The molecule has 2 rings (SSSR count). The summed E-state index contributed by atoms with van der Waals surface area (Å²) in [5.41, 5.74) is 4.50. The summed E-state index contributed by atoms with van der Waals surface area (Å²) in [4.78, 5) is 4.35. The minimum absolute atomic E-state index is 0.996. The Hall–Kier alpha value is -1.89. The van der Waals surface area contributed by atoms with Gasteiger partial charge in [0.1, 0.15) is 0 Å². The second-order valence-corrected chi connectivity index (χ2v) is 3.51. The molecule has 0 bridgehead atoms. The van der Waals surface area contributed by atoms with Gasteiger partial charge in [0.2, 0.25) is 0 Å². The van der Waals surface area contributed by atoms with Crippen molar-refractivity contribution in [2.24, 2.45) is 0 Å². The van der Waals surface area contributed by atoms with Gasteiger partial charge in [-0.05, 0) is 30.7 Å². The van der Waals surface area contributed by atoms with Crippen LogP contribution in [0.15, 0.2) is 49.2 Å². The first-order chi connectivity index (χ1) is 7.31. The highest BCUT2D eigenvalue weighted by atomic mass is 14.7. The van der Waals surface area contributed by atoms with E-state index in [1.807, 2.05) is 30.5 Å². The van der Waals surface area contributed by atoms with Crippen LogP contribution >= 0.6 is 0 Å². The fourth-order valence-electron chi connectivity index (χ4n) is 1.59. The highest BCUT2D eigenvalue weighted by molar-refractivity contribution is 5.72. The highest BCUT2D eigenvalue weighted by Crippen LogP contribution is 2.23. The molecule has 0 fully saturated rings. The van der Waals surface area contributed by atoms with Gasteiger partial charge in [0.15, 0.2) is 0 Å². The fourth-order valence-corrected chi connectivity index (χ4v) is 1.59. The Morgan fingerprint density at radius 1 is 1.20 bits per heavy atom. The molecular formula is C14H13N. The average molecular weight is 195 g/mol. The molecule has 0 atom stereocenters. The van der Waals surface area contributed by atoms with Gasteiger partial charge in [-0.15, -0.1) is 0 Å². The van der Waals surface area contributed by atoms with E-state index in [-0.39, 0.29) is 0 Å². The van der Waals surface area contributed by atoms with Gasteiger partial charge in [-0.2, -0.15) is 0 Å². The van der Waals surface area contributed by atoms with Crippen LogP contribution in [0.5, 0.6) is 0 Å². The van der Waals surface area contributed by atoms with Gasteiger partial charge in [0.05, 0.1) is 5.69 Å². The predicted octanol–water partition coefficient (Wildman–Crippen LogP) is 3.70. The van der Waals surface area contributed by atoms with Crippen LogP contribution in [-0.4, -0.2) is 4.98 Å². The first-order valence-corrected chi connectivity index (χ1v) is 4.96. The first-order valence-electron chi connectivity index (χ1n) is 4.96. The first kappa shape index (κ1) is 9.66. The topological polar surface area (TPSA) is 12.9 Å². The summed E-state index contributed by atoms with van der Waals surface area (Å²) < 4.78 is 0. The third-order valence-electron chi connectivity index (χ3n) is 2.37. The van der Waals surface area contributed by atoms with Crippen molar-refractivity contribution >= 4 is 6.08 Å². The lowest BCUT2D eigenvalue weighted by atomic mass is 10.0. The molecule has 15 heavy (non-hydrogen) atoms. The number of rotatable bonds is 2. The van der Waals surface area contributed by atoms with Crippen LogP contribution in [0.1, 0.15) is 11.1 Å². The summed E-state index contributed by atoms with van der Waals surface area (Å²) in [6.45, 7) is 5.90. The number of benzene rings is 1. The van der Waals surface area contributed by atoms with Gasteiger partial charge in [0, 0.05) is 11.8 Å². The zero-order chi connectivity index (χ0) is 10.7. The van der Waals surface area contributed by atoms with Crippen LogP contribution in [0.2, 0.25) is 0 Å². The van der Waals surface area contributed by atoms with Crippen molar-refractivity contribution in [1.82, 2.24) is 4.98 Å². The summed E-state index contributed by atoms with van der Waals surface area (Å²) >= 11 is 0. The maximum atomic E-state index is 4.35. The van der Waals surface area contributed by atoms with Crippen molar-refractivity contribution in [3.63, 3.8) is 0 Å². The van der Waals surface area contributed by atoms with Crippen molar-refractivity contribution in [3.05, 3.63) is 60.3 Å². The van der Waals surface area contributed by atoms with E-state index in [1.165, 1.54) is 5.56 Å². The summed E-state index contributed by atoms with van der Waals surface area (Å²) in [7, 11) is 0. The molecule has 0 radical (unpaired) electrons. The maximum absolute atomic E-state index is 4.35. The largest absolute Gasteiger partial charge is 0.256 e. The van der Waals surface area contributed by atoms with Crippen LogP contribution < -0.4 is 0 Å². The Morgan fingerprint density at radius 2 is 2.07 bits per heavy atom. The Labute approximate surface area is 90.1 Å². The molecule has 0 saturated carbocycles. The molecule has 0 N–H and O–H groups in total. The van der Waals surface area contributed by atoms with Crippen LogP contribution in [0, 0.1) is 6.92 Å². The minimum atomic E-state index is 0.996. The average Bonchev–Trinajstić information content (AvgIpc) is 2.30. The second kappa shape index (κ2) is 4.09. The Balaban J connectivity index is 2.61. The van der Waals surface area contributed by atoms with Crippen molar-refractivity contribution < 1.29 is 0 Å². The second-order valence-electron chi connectivity index (χ2n) is 3.51. The summed E-state index contributed by atoms with van der Waals surface area (Å²) in [6.07, 6.45) is 3.67. The van der Waals surface area contributed by atoms with Gasteiger partial charge in [-0.1, -0.05) is 36.4 Å². The Bertz CT molecular complexity index is 472. The minimum Gasteiger partial charge on any atom is -0.256 e. The zero-order valence-electron chi connectivity index (χ0n) is 8.77. The molecule has 2 aromatic rings. The molecule has 1 aromatic carbocycles. The lowest BCUT2D eigenvalue weighted by Gasteiger charge is -2.06. The van der Waals surface area contributed by atoms with E-state index in [4.69, 9.17) is 0 Å². The quantitative estimate of drug-likeness (QED) is 0.712. The van der Waals surface area contributed by atoms with E-state index in [0.717, 1.165) is 16.8 Å². The number of hydrogen-bond donors (Lipinski definition) is 0. The van der Waals surface area contributed by atoms with Crippen molar-refractivity contribution in [3.8, 4) is 11.3 Å². The predicted molar refractivity (Wildman–Crippen MR) is 64.5 cm³/mol. The Morgan fingerprint density at radius 3 is 2.73 bits per heavy atom. The molecule has 0 aliphatic carbocycles. The van der Waals surface area contributed by atoms with Gasteiger partial charge in [-0.3, -0.25) is 4.98 Å². The fraction of sp³-hybridized carbons (Fsp3) is 0.0714. The monoisotopic (exact) mass is 195 g/mol. The van der Waals surface area contributed by atoms with E-state index in [0.29, 0.717) is 0 Å². The molecule has 1 aromatic heterocycles. The SMILES string of the molecule is C=Cc1ccc(C)cc1-c1ccccn1. The van der Waals surface area contributed by atoms with Gasteiger partial charge in [0.25, 0.3) is 0 Å². The van der Waals surface area contributed by atoms with E-state index < -0.39 is 0 Å². The zero-order valence-corrected chi connectivity index (χ0v) is 8.77. The summed E-state index contributed by atoms with van der Waals surface area (Å²) in [6, 6.07) is 12.2.